The van der Waals surface area contributed by atoms with E-state index in [0.29, 0.717) is 23.5 Å². The van der Waals surface area contributed by atoms with Crippen molar-refractivity contribution in [3.8, 4) is 28.7 Å². The van der Waals surface area contributed by atoms with Crippen LogP contribution in [-0.4, -0.2) is 12.6 Å². The summed E-state index contributed by atoms with van der Waals surface area (Å²) in [5.74, 6) is 0.848. The second kappa shape index (κ2) is 13.1. The van der Waals surface area contributed by atoms with Gasteiger partial charge in [-0.05, 0) is 66.1 Å². The number of carbonyl (C=O) groups excluding carboxylic acids is 1. The monoisotopic (exact) mass is 441 g/mol. The molecule has 0 heterocycles. The summed E-state index contributed by atoms with van der Waals surface area (Å²) < 4.78 is 11.3. The van der Waals surface area contributed by atoms with Crippen LogP contribution in [0.5, 0.6) is 11.5 Å². The number of unbranched alkanes of at least 4 members (excludes halogenated alkanes) is 6. The number of ether oxygens (including phenoxy) is 2. The maximum Gasteiger partial charge on any atom is 0.343 e. The molecule has 0 saturated heterocycles. The second-order valence-electron chi connectivity index (χ2n) is 8.10. The fraction of sp³-hybridized carbons (Fsp3) is 0.310. The van der Waals surface area contributed by atoms with Gasteiger partial charge in [0.05, 0.1) is 23.8 Å². The third-order valence-corrected chi connectivity index (χ3v) is 5.52. The van der Waals surface area contributed by atoms with Crippen molar-refractivity contribution < 1.29 is 14.3 Å². The minimum absolute atomic E-state index is 0.403. The normalized spacial score (nSPS) is 10.4. The fourth-order valence-electron chi connectivity index (χ4n) is 3.56. The Kier molecular flexibility index (Phi) is 9.54. The molecule has 0 amide bonds. The molecule has 33 heavy (non-hydrogen) atoms. The fourth-order valence-corrected chi connectivity index (χ4v) is 3.56. The zero-order valence-electron chi connectivity index (χ0n) is 19.3. The first kappa shape index (κ1) is 24.1. The Hall–Kier alpha value is -3.58. The molecule has 0 atom stereocenters. The molecular weight excluding hydrogens is 410 g/mol. The first-order valence-electron chi connectivity index (χ1n) is 11.7. The lowest BCUT2D eigenvalue weighted by Crippen LogP contribution is -2.08. The molecular formula is C29H31NO3. The van der Waals surface area contributed by atoms with Crippen LogP contribution < -0.4 is 9.47 Å². The molecule has 0 N–H and O–H groups in total. The van der Waals surface area contributed by atoms with Crippen molar-refractivity contribution >= 4 is 5.97 Å². The number of esters is 1. The highest BCUT2D eigenvalue weighted by Gasteiger charge is 2.09. The van der Waals surface area contributed by atoms with E-state index < -0.39 is 5.97 Å². The molecule has 170 valence electrons. The van der Waals surface area contributed by atoms with Crippen molar-refractivity contribution in [2.24, 2.45) is 0 Å². The predicted molar refractivity (Wildman–Crippen MR) is 131 cm³/mol. The number of benzene rings is 3. The van der Waals surface area contributed by atoms with E-state index in [-0.39, 0.29) is 0 Å². The Morgan fingerprint density at radius 1 is 0.727 bits per heavy atom. The van der Waals surface area contributed by atoms with Crippen molar-refractivity contribution in [2.75, 3.05) is 6.61 Å². The van der Waals surface area contributed by atoms with Crippen LogP contribution >= 0.6 is 0 Å². The summed E-state index contributed by atoms with van der Waals surface area (Å²) in [6.07, 6.45) is 8.75. The summed E-state index contributed by atoms with van der Waals surface area (Å²) in [6.45, 7) is 2.93. The molecule has 0 unspecified atom stereocenters. The van der Waals surface area contributed by atoms with Crippen LogP contribution in [0.4, 0.5) is 0 Å². The van der Waals surface area contributed by atoms with E-state index in [1.807, 2.05) is 36.4 Å². The molecule has 4 heteroatoms. The molecule has 0 saturated carbocycles. The number of nitriles is 1. The maximum atomic E-state index is 12.5. The molecule has 3 aromatic rings. The molecule has 3 aromatic carbocycles. The van der Waals surface area contributed by atoms with E-state index in [4.69, 9.17) is 14.7 Å². The Bertz CT molecular complexity index is 1030. The average molecular weight is 442 g/mol. The number of carbonyl (C=O) groups is 1. The number of hydrogen-bond donors (Lipinski definition) is 0. The standard InChI is InChI=1S/C29H31NO3/c1-2-3-4-5-6-7-8-21-32-27-17-15-26(16-18-27)29(31)33-28-19-13-25(14-20-28)24-11-9-23(22-30)10-12-24/h9-20H,2-8,21H2,1H3. The van der Waals surface area contributed by atoms with Gasteiger partial charge in [-0.1, -0.05) is 69.7 Å². The molecule has 0 fully saturated rings. The molecule has 3 rings (SSSR count). The van der Waals surface area contributed by atoms with Gasteiger partial charge in [0.15, 0.2) is 0 Å². The molecule has 0 aliphatic carbocycles. The minimum Gasteiger partial charge on any atom is -0.494 e. The van der Waals surface area contributed by atoms with Gasteiger partial charge in [-0.25, -0.2) is 4.79 Å². The van der Waals surface area contributed by atoms with Crippen LogP contribution in [0.2, 0.25) is 0 Å². The lowest BCUT2D eigenvalue weighted by molar-refractivity contribution is 0.0734. The molecule has 0 aliphatic heterocycles. The van der Waals surface area contributed by atoms with Crippen molar-refractivity contribution in [3.63, 3.8) is 0 Å². The third kappa shape index (κ3) is 7.80. The van der Waals surface area contributed by atoms with Crippen molar-refractivity contribution in [2.45, 2.75) is 51.9 Å². The van der Waals surface area contributed by atoms with Crippen LogP contribution in [0, 0.1) is 11.3 Å². The van der Waals surface area contributed by atoms with Crippen LogP contribution in [0.3, 0.4) is 0 Å². The second-order valence-corrected chi connectivity index (χ2v) is 8.10. The predicted octanol–water partition coefficient (Wildman–Crippen LogP) is 7.57. The largest absolute Gasteiger partial charge is 0.494 e. The summed E-state index contributed by atoms with van der Waals surface area (Å²) >= 11 is 0. The van der Waals surface area contributed by atoms with Gasteiger partial charge in [0.25, 0.3) is 0 Å². The first-order valence-corrected chi connectivity index (χ1v) is 11.7. The van der Waals surface area contributed by atoms with Gasteiger partial charge in [-0.15, -0.1) is 0 Å². The minimum atomic E-state index is -0.403. The average Bonchev–Trinajstić information content (AvgIpc) is 2.86. The Labute approximate surface area is 196 Å². The van der Waals surface area contributed by atoms with Crippen molar-refractivity contribution in [1.82, 2.24) is 0 Å². The Balaban J connectivity index is 1.44. The SMILES string of the molecule is CCCCCCCCCOc1ccc(C(=O)Oc2ccc(-c3ccc(C#N)cc3)cc2)cc1. The zero-order valence-corrected chi connectivity index (χ0v) is 19.3. The van der Waals surface area contributed by atoms with Gasteiger partial charge in [-0.3, -0.25) is 0 Å². The lowest BCUT2D eigenvalue weighted by Gasteiger charge is -2.08. The van der Waals surface area contributed by atoms with Gasteiger partial charge >= 0.3 is 5.97 Å². The third-order valence-electron chi connectivity index (χ3n) is 5.52. The highest BCUT2D eigenvalue weighted by molar-refractivity contribution is 5.91. The highest BCUT2D eigenvalue weighted by atomic mass is 16.5. The van der Waals surface area contributed by atoms with E-state index in [0.717, 1.165) is 23.3 Å². The van der Waals surface area contributed by atoms with Gasteiger partial charge in [0.2, 0.25) is 0 Å². The van der Waals surface area contributed by atoms with Crippen LogP contribution in [0.15, 0.2) is 72.8 Å². The topological polar surface area (TPSA) is 59.3 Å². The maximum absolute atomic E-state index is 12.5. The highest BCUT2D eigenvalue weighted by Crippen LogP contribution is 2.23. The van der Waals surface area contributed by atoms with E-state index >= 15 is 0 Å². The van der Waals surface area contributed by atoms with Crippen molar-refractivity contribution in [1.29, 1.82) is 5.26 Å². The zero-order chi connectivity index (χ0) is 23.3. The molecule has 0 aliphatic rings. The van der Waals surface area contributed by atoms with Crippen LogP contribution in [0.1, 0.15) is 67.8 Å². The summed E-state index contributed by atoms with van der Waals surface area (Å²) in [5.41, 5.74) is 3.09. The van der Waals surface area contributed by atoms with E-state index in [9.17, 15) is 4.79 Å². The number of nitrogens with zero attached hydrogens (tertiary/aromatic N) is 1. The molecule has 0 bridgehead atoms. The van der Waals surface area contributed by atoms with E-state index in [1.54, 1.807) is 36.4 Å². The summed E-state index contributed by atoms with van der Waals surface area (Å²) in [4.78, 5) is 12.5. The van der Waals surface area contributed by atoms with Crippen LogP contribution in [0.25, 0.3) is 11.1 Å². The van der Waals surface area contributed by atoms with Crippen LogP contribution in [-0.2, 0) is 0 Å². The van der Waals surface area contributed by atoms with Crippen molar-refractivity contribution in [3.05, 3.63) is 83.9 Å². The molecule has 0 spiro atoms. The number of rotatable bonds is 12. The summed E-state index contributed by atoms with van der Waals surface area (Å²) in [6, 6.07) is 23.9. The first-order chi connectivity index (χ1) is 16.2. The number of hydrogen-bond acceptors (Lipinski definition) is 4. The molecule has 0 radical (unpaired) electrons. The lowest BCUT2D eigenvalue weighted by atomic mass is 10.0. The van der Waals surface area contributed by atoms with Gasteiger partial charge in [0, 0.05) is 0 Å². The summed E-state index contributed by atoms with van der Waals surface area (Å²) in [5, 5.41) is 8.91. The molecule has 0 aromatic heterocycles. The summed E-state index contributed by atoms with van der Waals surface area (Å²) in [7, 11) is 0. The smallest absolute Gasteiger partial charge is 0.343 e. The Morgan fingerprint density at radius 3 is 1.88 bits per heavy atom. The van der Waals surface area contributed by atoms with Gasteiger partial charge in [0.1, 0.15) is 11.5 Å². The quantitative estimate of drug-likeness (QED) is 0.165. The molecule has 4 nitrogen and oxygen atoms in total. The van der Waals surface area contributed by atoms with E-state index in [2.05, 4.69) is 13.0 Å². The van der Waals surface area contributed by atoms with Gasteiger partial charge in [-0.2, -0.15) is 5.26 Å². The van der Waals surface area contributed by atoms with Gasteiger partial charge < -0.3 is 9.47 Å². The van der Waals surface area contributed by atoms with E-state index in [1.165, 1.54) is 38.5 Å². The Morgan fingerprint density at radius 2 is 1.27 bits per heavy atom.